The van der Waals surface area contributed by atoms with E-state index in [0.717, 1.165) is 0 Å². The number of anilines is 1. The van der Waals surface area contributed by atoms with E-state index in [1.807, 2.05) is 0 Å². The third-order valence-electron chi connectivity index (χ3n) is 2.73. The molecular formula is C12H9N7O2. The van der Waals surface area contributed by atoms with Crippen molar-refractivity contribution in [2.24, 2.45) is 5.10 Å². The molecule has 0 aliphatic carbocycles. The molecule has 3 rings (SSSR count). The molecule has 0 fully saturated rings. The molecule has 0 aliphatic heterocycles. The van der Waals surface area contributed by atoms with Crippen LogP contribution in [0, 0.1) is 10.1 Å². The molecule has 0 unspecified atom stereocenters. The van der Waals surface area contributed by atoms with Crippen molar-refractivity contribution in [3.8, 4) is 0 Å². The van der Waals surface area contributed by atoms with Gasteiger partial charge in [0.2, 0.25) is 0 Å². The highest BCUT2D eigenvalue weighted by Crippen LogP contribution is 2.16. The Kier molecular flexibility index (Phi) is 3.21. The van der Waals surface area contributed by atoms with Gasteiger partial charge in [-0.15, -0.1) is 0 Å². The van der Waals surface area contributed by atoms with Gasteiger partial charge < -0.3 is 4.98 Å². The minimum Gasteiger partial charge on any atom is -0.340 e. The van der Waals surface area contributed by atoms with Crippen molar-refractivity contribution in [3.05, 3.63) is 52.6 Å². The van der Waals surface area contributed by atoms with E-state index < -0.39 is 4.92 Å². The first kappa shape index (κ1) is 12.7. The van der Waals surface area contributed by atoms with Crippen molar-refractivity contribution in [2.45, 2.75) is 0 Å². The highest BCUT2D eigenvalue weighted by molar-refractivity contribution is 5.87. The summed E-state index contributed by atoms with van der Waals surface area (Å²) in [6, 6.07) is 6.32. The molecule has 0 saturated heterocycles. The second kappa shape index (κ2) is 5.33. The van der Waals surface area contributed by atoms with Gasteiger partial charge in [0.25, 0.3) is 5.69 Å². The number of para-hydroxylation sites is 1. The molecule has 0 amide bonds. The van der Waals surface area contributed by atoms with Gasteiger partial charge in [0.15, 0.2) is 11.5 Å². The van der Waals surface area contributed by atoms with Crippen molar-refractivity contribution >= 4 is 28.9 Å². The van der Waals surface area contributed by atoms with Crippen LogP contribution in [0.5, 0.6) is 0 Å². The van der Waals surface area contributed by atoms with Crippen LogP contribution >= 0.6 is 0 Å². The Balaban J connectivity index is 1.85. The number of hydrogen-bond donors (Lipinski definition) is 2. The molecule has 0 bridgehead atoms. The van der Waals surface area contributed by atoms with Crippen LogP contribution in [0.1, 0.15) is 5.56 Å². The SMILES string of the molecule is O=[N+]([O-])c1ccccc1/C=N/Nc1ncnc2nc[nH]c12. The van der Waals surface area contributed by atoms with Crippen LogP contribution in [0.3, 0.4) is 0 Å². The quantitative estimate of drug-likeness (QED) is 0.427. The second-order valence-electron chi connectivity index (χ2n) is 4.01. The molecule has 21 heavy (non-hydrogen) atoms. The van der Waals surface area contributed by atoms with Gasteiger partial charge in [0, 0.05) is 6.07 Å². The van der Waals surface area contributed by atoms with Gasteiger partial charge >= 0.3 is 0 Å². The summed E-state index contributed by atoms with van der Waals surface area (Å²) in [5, 5.41) is 14.9. The number of hydrogen-bond acceptors (Lipinski definition) is 7. The fraction of sp³-hybridized carbons (Fsp3) is 0. The first-order chi connectivity index (χ1) is 10.3. The lowest BCUT2D eigenvalue weighted by atomic mass is 10.2. The Morgan fingerprint density at radius 1 is 1.29 bits per heavy atom. The Morgan fingerprint density at radius 2 is 2.14 bits per heavy atom. The minimum absolute atomic E-state index is 0.0163. The summed E-state index contributed by atoms with van der Waals surface area (Å²) in [5.41, 5.74) is 4.21. The lowest BCUT2D eigenvalue weighted by Crippen LogP contribution is -1.98. The van der Waals surface area contributed by atoms with Crippen molar-refractivity contribution < 1.29 is 4.92 Å². The van der Waals surface area contributed by atoms with Gasteiger partial charge in [-0.1, -0.05) is 12.1 Å². The summed E-state index contributed by atoms with van der Waals surface area (Å²) in [4.78, 5) is 25.3. The average Bonchev–Trinajstić information content (AvgIpc) is 2.97. The zero-order valence-electron chi connectivity index (χ0n) is 10.6. The summed E-state index contributed by atoms with van der Waals surface area (Å²) in [7, 11) is 0. The van der Waals surface area contributed by atoms with E-state index in [2.05, 4.69) is 30.5 Å². The van der Waals surface area contributed by atoms with Crippen molar-refractivity contribution in [2.75, 3.05) is 5.43 Å². The van der Waals surface area contributed by atoms with Gasteiger partial charge in [0.1, 0.15) is 11.8 Å². The number of nitrogens with zero attached hydrogens (tertiary/aromatic N) is 5. The van der Waals surface area contributed by atoms with E-state index in [0.29, 0.717) is 22.5 Å². The fourth-order valence-electron chi connectivity index (χ4n) is 1.78. The van der Waals surface area contributed by atoms with E-state index in [4.69, 9.17) is 0 Å². The molecule has 9 nitrogen and oxygen atoms in total. The number of benzene rings is 1. The topological polar surface area (TPSA) is 122 Å². The highest BCUT2D eigenvalue weighted by atomic mass is 16.6. The highest BCUT2D eigenvalue weighted by Gasteiger charge is 2.10. The Labute approximate surface area is 117 Å². The maximum absolute atomic E-state index is 10.9. The molecule has 1 aromatic carbocycles. The molecule has 0 spiro atoms. The van der Waals surface area contributed by atoms with E-state index in [1.165, 1.54) is 24.9 Å². The number of aromatic amines is 1. The molecular weight excluding hydrogens is 274 g/mol. The Hall–Kier alpha value is -3.36. The smallest absolute Gasteiger partial charge is 0.278 e. The summed E-state index contributed by atoms with van der Waals surface area (Å²) in [5.74, 6) is 0.437. The number of hydrazone groups is 1. The molecule has 104 valence electrons. The van der Waals surface area contributed by atoms with Crippen LogP contribution in [0.15, 0.2) is 42.0 Å². The minimum atomic E-state index is -0.459. The van der Waals surface area contributed by atoms with Crippen molar-refractivity contribution in [1.29, 1.82) is 0 Å². The molecule has 3 aromatic rings. The molecule has 2 heterocycles. The zero-order chi connectivity index (χ0) is 14.7. The molecule has 2 aromatic heterocycles. The van der Waals surface area contributed by atoms with Gasteiger partial charge in [-0.25, -0.2) is 15.0 Å². The fourth-order valence-corrected chi connectivity index (χ4v) is 1.78. The zero-order valence-corrected chi connectivity index (χ0v) is 10.6. The predicted molar refractivity (Wildman–Crippen MR) is 76.0 cm³/mol. The summed E-state index contributed by atoms with van der Waals surface area (Å²) in [6.45, 7) is 0. The van der Waals surface area contributed by atoms with Crippen LogP contribution < -0.4 is 5.43 Å². The first-order valence-electron chi connectivity index (χ1n) is 5.92. The van der Waals surface area contributed by atoms with Crippen LogP contribution in [-0.4, -0.2) is 31.1 Å². The second-order valence-corrected chi connectivity index (χ2v) is 4.01. The maximum Gasteiger partial charge on any atom is 0.278 e. The van der Waals surface area contributed by atoms with Crippen molar-refractivity contribution in [1.82, 2.24) is 19.9 Å². The molecule has 2 N–H and O–H groups in total. The van der Waals surface area contributed by atoms with Crippen molar-refractivity contribution in [3.63, 3.8) is 0 Å². The molecule has 0 radical (unpaired) electrons. The van der Waals surface area contributed by atoms with Gasteiger partial charge in [-0.2, -0.15) is 5.10 Å². The molecule has 0 saturated carbocycles. The third kappa shape index (κ3) is 2.52. The maximum atomic E-state index is 10.9. The number of nitrogens with one attached hydrogen (secondary N) is 2. The van der Waals surface area contributed by atoms with Crippen LogP contribution in [0.25, 0.3) is 11.2 Å². The normalized spacial score (nSPS) is 11.0. The van der Waals surface area contributed by atoms with Crippen LogP contribution in [0.4, 0.5) is 11.5 Å². The number of nitro benzene ring substituents is 1. The third-order valence-corrected chi connectivity index (χ3v) is 2.73. The summed E-state index contributed by atoms with van der Waals surface area (Å²) in [6.07, 6.45) is 4.21. The average molecular weight is 283 g/mol. The Bertz CT molecular complexity index is 827. The van der Waals surface area contributed by atoms with Crippen LogP contribution in [0.2, 0.25) is 0 Å². The van der Waals surface area contributed by atoms with E-state index in [-0.39, 0.29) is 5.69 Å². The standard InChI is InChI=1S/C12H9N7O2/c20-19(21)9-4-2-1-3-8(9)5-17-18-12-10-11(14-6-13-10)15-7-16-12/h1-7H,(H2,13,14,15,16,18)/b17-5+. The monoisotopic (exact) mass is 283 g/mol. The summed E-state index contributed by atoms with van der Waals surface area (Å²) < 4.78 is 0. The number of imidazole rings is 1. The van der Waals surface area contributed by atoms with Gasteiger partial charge in [-0.05, 0) is 6.07 Å². The van der Waals surface area contributed by atoms with E-state index in [9.17, 15) is 10.1 Å². The lowest BCUT2D eigenvalue weighted by Gasteiger charge is -2.00. The predicted octanol–water partition coefficient (Wildman–Crippen LogP) is 1.71. The number of fused-ring (bicyclic) bond motifs is 1. The van der Waals surface area contributed by atoms with Crippen LogP contribution in [-0.2, 0) is 0 Å². The van der Waals surface area contributed by atoms with E-state index >= 15 is 0 Å². The largest absolute Gasteiger partial charge is 0.340 e. The number of H-pyrrole nitrogens is 1. The summed E-state index contributed by atoms with van der Waals surface area (Å²) >= 11 is 0. The Morgan fingerprint density at radius 3 is 3.00 bits per heavy atom. The molecule has 0 aliphatic rings. The number of aromatic nitrogens is 4. The number of rotatable bonds is 4. The number of nitro groups is 1. The van der Waals surface area contributed by atoms with Gasteiger partial charge in [-0.3, -0.25) is 15.5 Å². The first-order valence-corrected chi connectivity index (χ1v) is 5.92. The van der Waals surface area contributed by atoms with E-state index in [1.54, 1.807) is 18.2 Å². The molecule has 9 heteroatoms. The molecule has 0 atom stereocenters. The lowest BCUT2D eigenvalue weighted by molar-refractivity contribution is -0.385. The van der Waals surface area contributed by atoms with Gasteiger partial charge in [0.05, 0.1) is 23.0 Å².